The molecule has 0 saturated carbocycles. The fraction of sp³-hybridized carbons (Fsp3) is 0.0455. The molecule has 0 aliphatic rings. The second-order valence-corrected chi connectivity index (χ2v) is 9.95. The highest BCUT2D eigenvalue weighted by molar-refractivity contribution is 9.10. The number of fused-ring (bicyclic) bond motifs is 1. The van der Waals surface area contributed by atoms with Crippen LogP contribution < -0.4 is 4.31 Å². The molecule has 0 bridgehead atoms. The van der Waals surface area contributed by atoms with E-state index in [9.17, 15) is 28.4 Å². The number of azo groups is 1. The predicted molar refractivity (Wildman–Crippen MR) is 131 cm³/mol. The van der Waals surface area contributed by atoms with Crippen molar-refractivity contribution in [3.63, 3.8) is 0 Å². The minimum absolute atomic E-state index is 0.0159. The number of nitrogens with one attached hydrogen (secondary N) is 1. The predicted octanol–water partition coefficient (Wildman–Crippen LogP) is 5.05. The van der Waals surface area contributed by atoms with Crippen LogP contribution in [0.1, 0.15) is 0 Å². The molecule has 0 aliphatic carbocycles. The summed E-state index contributed by atoms with van der Waals surface area (Å²) in [6, 6.07) is 17.5. The van der Waals surface area contributed by atoms with Crippen molar-refractivity contribution in [3.05, 3.63) is 87.4 Å². The van der Waals surface area contributed by atoms with Crippen LogP contribution in [-0.2, 0) is 14.8 Å². The summed E-state index contributed by atoms with van der Waals surface area (Å²) in [5.41, 5.74) is -0.280. The molecule has 0 aliphatic heterocycles. The number of benzene rings is 3. The Morgan fingerprint density at radius 3 is 2.49 bits per heavy atom. The Hall–Kier alpha value is -4.10. The van der Waals surface area contributed by atoms with Gasteiger partial charge < -0.3 is 10.1 Å². The highest BCUT2D eigenvalue weighted by Crippen LogP contribution is 2.37. The summed E-state index contributed by atoms with van der Waals surface area (Å²) in [7, 11) is -4.38. The molecule has 0 radical (unpaired) electrons. The minimum Gasteiger partial charge on any atom is -0.493 e. The third kappa shape index (κ3) is 4.90. The topological polar surface area (TPSA) is 158 Å². The van der Waals surface area contributed by atoms with Gasteiger partial charge >= 0.3 is 0 Å². The zero-order valence-corrected chi connectivity index (χ0v) is 20.1. The van der Waals surface area contributed by atoms with Crippen LogP contribution in [0.15, 0.2) is 92.4 Å². The van der Waals surface area contributed by atoms with Gasteiger partial charge in [0.05, 0.1) is 15.3 Å². The number of carbonyl (C=O) groups excluding carboxylic acids is 1. The number of aromatic nitrogens is 1. The van der Waals surface area contributed by atoms with Gasteiger partial charge in [-0.15, -0.1) is 10.2 Å². The Bertz CT molecular complexity index is 1570. The van der Waals surface area contributed by atoms with E-state index in [1.54, 1.807) is 24.3 Å². The summed E-state index contributed by atoms with van der Waals surface area (Å²) in [6.07, 6.45) is 0. The second kappa shape index (κ2) is 9.64. The van der Waals surface area contributed by atoms with Gasteiger partial charge in [0.25, 0.3) is 21.6 Å². The number of nitro benzene ring substituents is 1. The molecule has 11 nitrogen and oxygen atoms in total. The average Bonchev–Trinajstić information content (AvgIpc) is 3.15. The summed E-state index contributed by atoms with van der Waals surface area (Å²) in [6.45, 7) is -0.863. The van der Waals surface area contributed by atoms with Gasteiger partial charge in [-0.1, -0.05) is 46.3 Å². The lowest BCUT2D eigenvalue weighted by Crippen LogP contribution is -2.35. The zero-order chi connectivity index (χ0) is 25.2. The molecule has 0 saturated heterocycles. The largest absolute Gasteiger partial charge is 0.493 e. The van der Waals surface area contributed by atoms with Gasteiger partial charge in [-0.3, -0.25) is 14.9 Å². The van der Waals surface area contributed by atoms with Crippen molar-refractivity contribution in [3.8, 4) is 5.88 Å². The smallest absolute Gasteiger partial charge is 0.293 e. The Balaban J connectivity index is 1.73. The van der Waals surface area contributed by atoms with Gasteiger partial charge in [-0.2, -0.15) is 0 Å². The molecule has 0 unspecified atom stereocenters. The third-order valence-corrected chi connectivity index (χ3v) is 7.20. The van der Waals surface area contributed by atoms with Gasteiger partial charge in [0, 0.05) is 15.9 Å². The Morgan fingerprint density at radius 2 is 1.77 bits per heavy atom. The maximum Gasteiger partial charge on any atom is 0.293 e. The van der Waals surface area contributed by atoms with Crippen LogP contribution >= 0.6 is 15.9 Å². The zero-order valence-electron chi connectivity index (χ0n) is 17.7. The maximum atomic E-state index is 13.4. The van der Waals surface area contributed by atoms with Crippen LogP contribution in [0, 0.1) is 10.1 Å². The summed E-state index contributed by atoms with van der Waals surface area (Å²) < 4.78 is 28.1. The van der Waals surface area contributed by atoms with Crippen molar-refractivity contribution >= 4 is 59.8 Å². The first-order chi connectivity index (χ1) is 16.7. The Kier molecular flexibility index (Phi) is 6.62. The number of para-hydroxylation sites is 2. The Morgan fingerprint density at radius 1 is 1.09 bits per heavy atom. The van der Waals surface area contributed by atoms with Crippen LogP contribution in [0.2, 0.25) is 0 Å². The number of H-pyrrole nitrogens is 1. The number of nitrogens with zero attached hydrogens (tertiary/aromatic N) is 4. The highest BCUT2D eigenvalue weighted by Gasteiger charge is 2.32. The van der Waals surface area contributed by atoms with E-state index in [-0.39, 0.29) is 22.2 Å². The van der Waals surface area contributed by atoms with Crippen LogP contribution in [0.25, 0.3) is 10.9 Å². The maximum absolute atomic E-state index is 13.4. The van der Waals surface area contributed by atoms with E-state index in [2.05, 4.69) is 31.1 Å². The van der Waals surface area contributed by atoms with Gasteiger partial charge in [-0.25, -0.2) is 12.7 Å². The number of nitro groups is 1. The molecule has 0 fully saturated rings. The molecule has 0 spiro atoms. The van der Waals surface area contributed by atoms with E-state index in [1.807, 2.05) is 0 Å². The number of hydrogen-bond donors (Lipinski definition) is 2. The fourth-order valence-corrected chi connectivity index (χ4v) is 5.16. The summed E-state index contributed by atoms with van der Waals surface area (Å²) in [4.78, 5) is 26.1. The van der Waals surface area contributed by atoms with Gasteiger partial charge in [0.2, 0.25) is 5.88 Å². The number of amides is 1. The SMILES string of the molecule is O=C(CN(c1ccccc1[N+](=O)[O-])S(=O)(=O)c1ccccc1)N=Nc1c(O)[nH]c2ccc(Br)cc12. The lowest BCUT2D eigenvalue weighted by molar-refractivity contribution is -0.384. The first-order valence-corrected chi connectivity index (χ1v) is 12.2. The van der Waals surface area contributed by atoms with Gasteiger partial charge in [0.15, 0.2) is 5.69 Å². The molecule has 4 rings (SSSR count). The number of sulfonamides is 1. The number of aromatic hydroxyl groups is 1. The Labute approximate surface area is 207 Å². The molecule has 2 N–H and O–H groups in total. The molecule has 1 heterocycles. The molecule has 0 atom stereocenters. The van der Waals surface area contributed by atoms with Crippen molar-refractivity contribution in [1.82, 2.24) is 4.98 Å². The van der Waals surface area contributed by atoms with Crippen molar-refractivity contribution < 1.29 is 23.2 Å². The number of aromatic amines is 1. The molecule has 3 aromatic carbocycles. The molecule has 35 heavy (non-hydrogen) atoms. The number of hydrogen-bond acceptors (Lipinski definition) is 7. The van der Waals surface area contributed by atoms with E-state index in [4.69, 9.17) is 0 Å². The van der Waals surface area contributed by atoms with E-state index in [0.29, 0.717) is 19.7 Å². The quantitative estimate of drug-likeness (QED) is 0.184. The van der Waals surface area contributed by atoms with Gasteiger partial charge in [-0.05, 0) is 36.4 Å². The lowest BCUT2D eigenvalue weighted by atomic mass is 10.2. The number of rotatable bonds is 7. The van der Waals surface area contributed by atoms with Crippen molar-refractivity contribution in [2.24, 2.45) is 10.2 Å². The number of anilines is 1. The van der Waals surface area contributed by atoms with Crippen molar-refractivity contribution in [1.29, 1.82) is 0 Å². The molecular weight excluding hydrogens is 542 g/mol. The summed E-state index contributed by atoms with van der Waals surface area (Å²) >= 11 is 3.31. The lowest BCUT2D eigenvalue weighted by Gasteiger charge is -2.22. The molecule has 178 valence electrons. The molecule has 4 aromatic rings. The number of halogens is 1. The second-order valence-electron chi connectivity index (χ2n) is 7.18. The number of carbonyl (C=O) groups is 1. The first-order valence-electron chi connectivity index (χ1n) is 9.94. The average molecular weight is 558 g/mol. The van der Waals surface area contributed by atoms with Crippen molar-refractivity contribution in [2.75, 3.05) is 10.8 Å². The third-order valence-electron chi connectivity index (χ3n) is 4.93. The first kappa shape index (κ1) is 24.0. The standard InChI is InChI=1S/C22H16BrN5O6S/c23-14-10-11-17-16(12-14)21(22(30)24-17)26-25-20(29)13-27(18-8-4-5-9-19(18)28(31)32)35(33,34)15-6-2-1-3-7-15/h1-12,24,30H,13H2. The van der Waals surface area contributed by atoms with Crippen molar-refractivity contribution in [2.45, 2.75) is 4.90 Å². The van der Waals surface area contributed by atoms with Gasteiger partial charge in [0.1, 0.15) is 12.2 Å². The normalized spacial score (nSPS) is 11.7. The van der Waals surface area contributed by atoms with Crippen LogP contribution in [0.3, 0.4) is 0 Å². The summed E-state index contributed by atoms with van der Waals surface area (Å²) in [5.74, 6) is -1.34. The van der Waals surface area contributed by atoms with Crippen LogP contribution in [0.5, 0.6) is 5.88 Å². The van der Waals surface area contributed by atoms with Crippen LogP contribution in [-0.4, -0.2) is 35.9 Å². The van der Waals surface area contributed by atoms with E-state index >= 15 is 0 Å². The van der Waals surface area contributed by atoms with E-state index in [0.717, 1.165) is 6.07 Å². The van der Waals surface area contributed by atoms with E-state index in [1.165, 1.54) is 42.5 Å². The molecule has 13 heteroatoms. The fourth-order valence-electron chi connectivity index (χ4n) is 3.35. The van der Waals surface area contributed by atoms with Crippen LogP contribution in [0.4, 0.5) is 17.1 Å². The molecule has 1 aromatic heterocycles. The molecule has 1 amide bonds. The minimum atomic E-state index is -4.38. The van der Waals surface area contributed by atoms with E-state index < -0.39 is 33.1 Å². The highest BCUT2D eigenvalue weighted by atomic mass is 79.9. The monoisotopic (exact) mass is 557 g/mol. The summed E-state index contributed by atoms with van der Waals surface area (Å²) in [5, 5.41) is 29.6. The molecular formula is C22H16BrN5O6S.